The summed E-state index contributed by atoms with van der Waals surface area (Å²) in [6.07, 6.45) is 0. The van der Waals surface area contributed by atoms with Crippen LogP contribution in [0.15, 0.2) is 24.3 Å². The maximum atomic E-state index is 12.4. The van der Waals surface area contributed by atoms with Crippen LogP contribution in [0.25, 0.3) is 10.2 Å². The van der Waals surface area contributed by atoms with Crippen molar-refractivity contribution in [1.82, 2.24) is 4.98 Å². The molecule has 0 saturated carbocycles. The van der Waals surface area contributed by atoms with Crippen molar-refractivity contribution in [2.45, 2.75) is 0 Å². The van der Waals surface area contributed by atoms with Crippen molar-refractivity contribution in [2.24, 2.45) is 0 Å². The minimum Gasteiger partial charge on any atom is -0.397 e. The van der Waals surface area contributed by atoms with E-state index in [9.17, 15) is 4.79 Å². The number of carbonyl (C=O) groups is 1. The van der Waals surface area contributed by atoms with Crippen molar-refractivity contribution >= 4 is 73.5 Å². The molecule has 9 heteroatoms. The van der Waals surface area contributed by atoms with E-state index in [0.717, 1.165) is 11.3 Å². The Labute approximate surface area is 145 Å². The molecule has 3 rings (SSSR count). The number of thiophene rings is 1. The Kier molecular flexibility index (Phi) is 3.93. The van der Waals surface area contributed by atoms with Crippen molar-refractivity contribution in [1.29, 1.82) is 0 Å². The molecule has 0 aliphatic carbocycles. The second-order valence-electron chi connectivity index (χ2n) is 4.74. The van der Waals surface area contributed by atoms with Crippen molar-refractivity contribution < 1.29 is 4.79 Å². The first-order chi connectivity index (χ1) is 10.9. The molecule has 0 bridgehead atoms. The number of halogens is 2. The molecule has 6 nitrogen and oxygen atoms in total. The van der Waals surface area contributed by atoms with Crippen LogP contribution in [0.3, 0.4) is 0 Å². The monoisotopic (exact) mass is 367 g/mol. The fraction of sp³-hybridized carbons (Fsp3) is 0. The Balaban J connectivity index is 1.97. The molecule has 2 heterocycles. The molecule has 0 unspecified atom stereocenters. The third kappa shape index (κ3) is 2.86. The van der Waals surface area contributed by atoms with Crippen molar-refractivity contribution in [3.05, 3.63) is 39.2 Å². The topological polar surface area (TPSA) is 120 Å². The fourth-order valence-corrected chi connectivity index (χ4v) is 3.28. The lowest BCUT2D eigenvalue weighted by Gasteiger charge is -2.05. The molecule has 0 radical (unpaired) electrons. The zero-order valence-corrected chi connectivity index (χ0v) is 13.9. The Morgan fingerprint density at radius 3 is 2.57 bits per heavy atom. The van der Waals surface area contributed by atoms with Crippen LogP contribution in [0.4, 0.5) is 22.9 Å². The summed E-state index contributed by atoms with van der Waals surface area (Å²) in [7, 11) is 0. The van der Waals surface area contributed by atoms with Gasteiger partial charge in [-0.05, 0) is 24.3 Å². The smallest absolute Gasteiger partial charge is 0.267 e. The summed E-state index contributed by atoms with van der Waals surface area (Å²) < 4.78 is 0. The van der Waals surface area contributed by atoms with Gasteiger partial charge < -0.3 is 22.5 Å². The number of nitrogens with zero attached hydrogens (tertiary/aromatic N) is 1. The minimum atomic E-state index is -0.374. The van der Waals surface area contributed by atoms with Gasteiger partial charge in [0.2, 0.25) is 0 Å². The number of aromatic nitrogens is 1. The van der Waals surface area contributed by atoms with Gasteiger partial charge >= 0.3 is 0 Å². The number of benzene rings is 1. The number of rotatable bonds is 2. The number of nitrogen functional groups attached to an aromatic ring is 3. The average molecular weight is 368 g/mol. The van der Waals surface area contributed by atoms with E-state index in [1.807, 2.05) is 0 Å². The van der Waals surface area contributed by atoms with Crippen LogP contribution < -0.4 is 22.5 Å². The maximum Gasteiger partial charge on any atom is 0.267 e. The molecule has 0 aliphatic heterocycles. The predicted molar refractivity (Wildman–Crippen MR) is 97.3 cm³/mol. The number of pyridine rings is 1. The number of nitrogens with two attached hydrogens (primary N) is 3. The second-order valence-corrected chi connectivity index (χ2v) is 6.56. The normalized spacial score (nSPS) is 10.9. The van der Waals surface area contributed by atoms with E-state index < -0.39 is 0 Å². The van der Waals surface area contributed by atoms with E-state index in [1.165, 1.54) is 0 Å². The summed E-state index contributed by atoms with van der Waals surface area (Å²) in [5.74, 6) is -0.170. The summed E-state index contributed by atoms with van der Waals surface area (Å²) in [6.45, 7) is 0. The van der Waals surface area contributed by atoms with Crippen molar-refractivity contribution in [2.75, 3.05) is 22.5 Å². The Hall–Kier alpha value is -2.22. The van der Waals surface area contributed by atoms with Crippen LogP contribution in [0, 0.1) is 0 Å². The van der Waals surface area contributed by atoms with Crippen molar-refractivity contribution in [3.63, 3.8) is 0 Å². The number of amides is 1. The van der Waals surface area contributed by atoms with E-state index in [4.69, 9.17) is 40.4 Å². The SMILES string of the molecule is Nc1cc2c(N)c(C(=O)Nc3ccc(Cl)c(Cl)c3)sc2nc1N. The van der Waals surface area contributed by atoms with E-state index in [1.54, 1.807) is 24.3 Å². The molecule has 0 fully saturated rings. The number of nitrogens with one attached hydrogen (secondary N) is 1. The summed E-state index contributed by atoms with van der Waals surface area (Å²) in [5.41, 5.74) is 18.6. The van der Waals surface area contributed by atoms with Gasteiger partial charge in [0.25, 0.3) is 5.91 Å². The van der Waals surface area contributed by atoms with Gasteiger partial charge in [0, 0.05) is 11.1 Å². The van der Waals surface area contributed by atoms with Crippen LogP contribution in [0.2, 0.25) is 10.0 Å². The lowest BCUT2D eigenvalue weighted by Crippen LogP contribution is -2.11. The van der Waals surface area contributed by atoms with Gasteiger partial charge in [0.15, 0.2) is 0 Å². The first-order valence-electron chi connectivity index (χ1n) is 6.37. The zero-order valence-electron chi connectivity index (χ0n) is 11.6. The largest absolute Gasteiger partial charge is 0.397 e. The van der Waals surface area contributed by atoms with Gasteiger partial charge in [-0.25, -0.2) is 4.98 Å². The molecule has 23 heavy (non-hydrogen) atoms. The third-order valence-corrected chi connectivity index (χ3v) is 5.02. The Bertz CT molecular complexity index is 941. The highest BCUT2D eigenvalue weighted by Crippen LogP contribution is 2.35. The summed E-state index contributed by atoms with van der Waals surface area (Å²) in [5, 5.41) is 4.06. The zero-order chi connectivity index (χ0) is 16.7. The Morgan fingerprint density at radius 1 is 1.13 bits per heavy atom. The van der Waals surface area contributed by atoms with Gasteiger partial charge in [-0.1, -0.05) is 23.2 Å². The number of hydrogen-bond donors (Lipinski definition) is 4. The summed E-state index contributed by atoms with van der Waals surface area (Å²) in [4.78, 5) is 17.4. The Morgan fingerprint density at radius 2 is 1.87 bits per heavy atom. The molecule has 3 aromatic rings. The van der Waals surface area contributed by atoms with Crippen LogP contribution in [0.1, 0.15) is 9.67 Å². The van der Waals surface area contributed by atoms with E-state index in [-0.39, 0.29) is 11.7 Å². The molecule has 118 valence electrons. The molecular formula is C14H11Cl2N5OS. The lowest BCUT2D eigenvalue weighted by molar-refractivity contribution is 0.103. The summed E-state index contributed by atoms with van der Waals surface area (Å²) in [6, 6.07) is 6.40. The molecule has 7 N–H and O–H groups in total. The third-order valence-electron chi connectivity index (χ3n) is 3.17. The van der Waals surface area contributed by atoms with E-state index in [2.05, 4.69) is 10.3 Å². The first-order valence-corrected chi connectivity index (χ1v) is 7.94. The second kappa shape index (κ2) is 5.77. The van der Waals surface area contributed by atoms with Crippen molar-refractivity contribution in [3.8, 4) is 0 Å². The maximum absolute atomic E-state index is 12.4. The predicted octanol–water partition coefficient (Wildman–Crippen LogP) is 3.60. The standard InChI is InChI=1S/C14H11Cl2N5OS/c15-7-2-1-5(3-8(7)16)20-13(22)11-10(18)6-4-9(17)12(19)21-14(6)23-11/h1-4H,17-18H2,(H2,19,21)(H,20,22). The van der Waals surface area contributed by atoms with E-state index in [0.29, 0.717) is 42.2 Å². The number of fused-ring (bicyclic) bond motifs is 1. The fourth-order valence-electron chi connectivity index (χ4n) is 2.00. The first kappa shape index (κ1) is 15.7. The highest BCUT2D eigenvalue weighted by molar-refractivity contribution is 7.21. The van der Waals surface area contributed by atoms with Gasteiger partial charge in [0.1, 0.15) is 15.5 Å². The number of carbonyl (C=O) groups excluding carboxylic acids is 1. The van der Waals surface area contributed by atoms with Gasteiger partial charge in [0.05, 0.1) is 21.4 Å². The van der Waals surface area contributed by atoms with E-state index >= 15 is 0 Å². The van der Waals surface area contributed by atoms with Gasteiger partial charge in [-0.3, -0.25) is 4.79 Å². The molecule has 0 aliphatic rings. The molecular weight excluding hydrogens is 357 g/mol. The van der Waals surface area contributed by atoms with Crippen LogP contribution in [-0.2, 0) is 0 Å². The molecule has 2 aromatic heterocycles. The lowest BCUT2D eigenvalue weighted by atomic mass is 10.2. The summed E-state index contributed by atoms with van der Waals surface area (Å²) >= 11 is 12.9. The average Bonchev–Trinajstić information content (AvgIpc) is 2.80. The molecule has 0 spiro atoms. The molecule has 0 saturated heterocycles. The number of anilines is 4. The highest BCUT2D eigenvalue weighted by Gasteiger charge is 2.18. The van der Waals surface area contributed by atoms with Crippen LogP contribution in [0.5, 0.6) is 0 Å². The molecule has 0 atom stereocenters. The van der Waals surface area contributed by atoms with Crippen LogP contribution >= 0.6 is 34.5 Å². The molecule has 1 amide bonds. The molecule has 1 aromatic carbocycles. The minimum absolute atomic E-state index is 0.204. The quantitative estimate of drug-likeness (QED) is 0.551. The van der Waals surface area contributed by atoms with Crippen LogP contribution in [-0.4, -0.2) is 10.9 Å². The van der Waals surface area contributed by atoms with Gasteiger partial charge in [-0.2, -0.15) is 0 Å². The van der Waals surface area contributed by atoms with Gasteiger partial charge in [-0.15, -0.1) is 11.3 Å². The highest BCUT2D eigenvalue weighted by atomic mass is 35.5. The number of hydrogen-bond acceptors (Lipinski definition) is 6.